The van der Waals surface area contributed by atoms with Crippen molar-refractivity contribution in [3.8, 4) is 11.3 Å². The van der Waals surface area contributed by atoms with E-state index in [0.717, 1.165) is 18.4 Å². The van der Waals surface area contributed by atoms with Crippen LogP contribution in [0.4, 0.5) is 16.2 Å². The number of furan rings is 1. The number of hydrogen-bond acceptors (Lipinski definition) is 6. The van der Waals surface area contributed by atoms with Crippen LogP contribution >= 0.6 is 0 Å². The quantitative estimate of drug-likeness (QED) is 0.397. The first kappa shape index (κ1) is 24.1. The average Bonchev–Trinajstić information content (AvgIpc) is 3.48. The van der Waals surface area contributed by atoms with Crippen LogP contribution in [0.2, 0.25) is 0 Å². The molecule has 1 aliphatic heterocycles. The first-order chi connectivity index (χ1) is 16.7. The van der Waals surface area contributed by atoms with Gasteiger partial charge in [-0.15, -0.1) is 0 Å². The summed E-state index contributed by atoms with van der Waals surface area (Å²) in [5, 5.41) is 7.25. The Morgan fingerprint density at radius 2 is 1.91 bits per heavy atom. The van der Waals surface area contributed by atoms with E-state index in [4.69, 9.17) is 14.9 Å². The SMILES string of the molecule is CC(C)(C)OC(=O)N1CCC(n2cc(-c3ccc(C=CC(=O)Nc4ccccc4N)o3)cn2)CC1. The summed E-state index contributed by atoms with van der Waals surface area (Å²) in [7, 11) is 0. The molecule has 2 aromatic heterocycles. The van der Waals surface area contributed by atoms with Gasteiger partial charge in [0, 0.05) is 25.4 Å². The monoisotopic (exact) mass is 477 g/mol. The number of likely N-dealkylation sites (tertiary alicyclic amines) is 1. The van der Waals surface area contributed by atoms with Crippen LogP contribution < -0.4 is 11.1 Å². The van der Waals surface area contributed by atoms with E-state index in [9.17, 15) is 9.59 Å². The lowest BCUT2D eigenvalue weighted by Gasteiger charge is -2.33. The number of hydrogen-bond donors (Lipinski definition) is 2. The number of para-hydroxylation sites is 2. The van der Waals surface area contributed by atoms with E-state index in [1.807, 2.05) is 37.7 Å². The van der Waals surface area contributed by atoms with Crippen molar-refractivity contribution in [3.63, 3.8) is 0 Å². The third-order valence-corrected chi connectivity index (χ3v) is 5.62. The van der Waals surface area contributed by atoms with Crippen molar-refractivity contribution >= 4 is 29.5 Å². The Labute approximate surface area is 204 Å². The minimum atomic E-state index is -0.498. The Balaban J connectivity index is 1.32. The summed E-state index contributed by atoms with van der Waals surface area (Å²) >= 11 is 0. The number of nitrogens with zero attached hydrogens (tertiary/aromatic N) is 3. The molecular weight excluding hydrogens is 446 g/mol. The van der Waals surface area contributed by atoms with Gasteiger partial charge in [-0.2, -0.15) is 5.10 Å². The summed E-state index contributed by atoms with van der Waals surface area (Å²) in [6.45, 7) is 6.86. The Morgan fingerprint density at radius 3 is 2.63 bits per heavy atom. The minimum Gasteiger partial charge on any atom is -0.457 e. The number of nitrogens with two attached hydrogens (primary N) is 1. The molecule has 184 valence electrons. The number of rotatable bonds is 5. The highest BCUT2D eigenvalue weighted by Crippen LogP contribution is 2.27. The number of ether oxygens (including phenoxy) is 1. The van der Waals surface area contributed by atoms with Crippen molar-refractivity contribution < 1.29 is 18.7 Å². The molecule has 3 aromatic rings. The Bertz CT molecular complexity index is 1210. The number of benzene rings is 1. The van der Waals surface area contributed by atoms with Crippen molar-refractivity contribution in [3.05, 3.63) is 60.6 Å². The lowest BCUT2D eigenvalue weighted by molar-refractivity contribution is -0.111. The lowest BCUT2D eigenvalue weighted by atomic mass is 10.1. The molecule has 9 nitrogen and oxygen atoms in total. The fourth-order valence-electron chi connectivity index (χ4n) is 3.85. The molecule has 35 heavy (non-hydrogen) atoms. The molecule has 1 aromatic carbocycles. The van der Waals surface area contributed by atoms with Crippen LogP contribution in [0.15, 0.2) is 59.3 Å². The van der Waals surface area contributed by atoms with E-state index in [2.05, 4.69) is 10.4 Å². The standard InChI is InChI=1S/C26H31N5O4/c1-26(2,3)35-25(33)30-14-12-19(13-15-30)31-17-18(16-28-31)23-10-8-20(34-23)9-11-24(32)29-22-7-5-4-6-21(22)27/h4-11,16-17,19H,12-15,27H2,1-3H3,(H,29,32). The van der Waals surface area contributed by atoms with Crippen molar-refractivity contribution in [2.45, 2.75) is 45.3 Å². The first-order valence-electron chi connectivity index (χ1n) is 11.6. The van der Waals surface area contributed by atoms with Crippen LogP contribution in [0.1, 0.15) is 45.4 Å². The second kappa shape index (κ2) is 10.1. The number of carbonyl (C=O) groups excluding carboxylic acids is 2. The van der Waals surface area contributed by atoms with E-state index < -0.39 is 5.60 Å². The second-order valence-electron chi connectivity index (χ2n) is 9.52. The summed E-state index contributed by atoms with van der Waals surface area (Å²) in [6.07, 6.45) is 8.05. The maximum atomic E-state index is 12.3. The highest BCUT2D eigenvalue weighted by atomic mass is 16.6. The Hall–Kier alpha value is -4.01. The largest absolute Gasteiger partial charge is 0.457 e. The number of aromatic nitrogens is 2. The topological polar surface area (TPSA) is 116 Å². The van der Waals surface area contributed by atoms with Gasteiger partial charge in [-0.3, -0.25) is 9.48 Å². The van der Waals surface area contributed by atoms with Gasteiger partial charge >= 0.3 is 6.09 Å². The van der Waals surface area contributed by atoms with Crippen molar-refractivity contribution in [1.82, 2.24) is 14.7 Å². The normalized spacial score (nSPS) is 14.9. The van der Waals surface area contributed by atoms with Crippen LogP contribution in [0.5, 0.6) is 0 Å². The van der Waals surface area contributed by atoms with Gasteiger partial charge in [-0.1, -0.05) is 12.1 Å². The summed E-state index contributed by atoms with van der Waals surface area (Å²) in [6, 6.07) is 10.9. The van der Waals surface area contributed by atoms with Gasteiger partial charge in [0.05, 0.1) is 29.2 Å². The molecule has 0 saturated carbocycles. The number of piperidine rings is 1. The van der Waals surface area contributed by atoms with Gasteiger partial charge in [0.2, 0.25) is 5.91 Å². The van der Waals surface area contributed by atoms with E-state index in [1.54, 1.807) is 47.5 Å². The lowest BCUT2D eigenvalue weighted by Crippen LogP contribution is -2.42. The molecule has 0 bridgehead atoms. The van der Waals surface area contributed by atoms with Gasteiger partial charge in [0.15, 0.2) is 0 Å². The fraction of sp³-hybridized carbons (Fsp3) is 0.346. The van der Waals surface area contributed by atoms with Crippen LogP contribution in [-0.2, 0) is 9.53 Å². The van der Waals surface area contributed by atoms with Gasteiger partial charge in [-0.25, -0.2) is 4.79 Å². The highest BCUT2D eigenvalue weighted by Gasteiger charge is 2.28. The molecule has 4 rings (SSSR count). The van der Waals surface area contributed by atoms with Crippen LogP contribution in [0.25, 0.3) is 17.4 Å². The molecule has 0 aliphatic carbocycles. The zero-order valence-corrected chi connectivity index (χ0v) is 20.2. The first-order valence-corrected chi connectivity index (χ1v) is 11.6. The molecule has 2 amide bonds. The smallest absolute Gasteiger partial charge is 0.410 e. The van der Waals surface area contributed by atoms with Crippen LogP contribution in [0.3, 0.4) is 0 Å². The molecule has 1 fully saturated rings. The number of carbonyl (C=O) groups is 2. The predicted molar refractivity (Wildman–Crippen MR) is 135 cm³/mol. The maximum Gasteiger partial charge on any atom is 0.410 e. The van der Waals surface area contributed by atoms with Crippen molar-refractivity contribution in [1.29, 1.82) is 0 Å². The predicted octanol–water partition coefficient (Wildman–Crippen LogP) is 4.95. The summed E-state index contributed by atoms with van der Waals surface area (Å²) in [5.74, 6) is 0.913. The summed E-state index contributed by atoms with van der Waals surface area (Å²) < 4.78 is 13.3. The molecule has 1 aliphatic rings. The van der Waals surface area contributed by atoms with Crippen molar-refractivity contribution in [2.75, 3.05) is 24.1 Å². The third-order valence-electron chi connectivity index (χ3n) is 5.62. The summed E-state index contributed by atoms with van der Waals surface area (Å²) in [5.41, 5.74) is 7.27. The van der Waals surface area contributed by atoms with E-state index in [-0.39, 0.29) is 18.0 Å². The van der Waals surface area contributed by atoms with Crippen LogP contribution in [0, 0.1) is 0 Å². The van der Waals surface area contributed by atoms with Gasteiger partial charge in [0.25, 0.3) is 0 Å². The Morgan fingerprint density at radius 1 is 1.17 bits per heavy atom. The average molecular weight is 478 g/mol. The Kier molecular flexibility index (Phi) is 6.95. The number of nitrogen functional groups attached to an aromatic ring is 1. The molecule has 0 atom stereocenters. The van der Waals surface area contributed by atoms with Crippen LogP contribution in [-0.4, -0.2) is 45.4 Å². The fourth-order valence-corrected chi connectivity index (χ4v) is 3.85. The number of nitrogens with one attached hydrogen (secondary N) is 1. The maximum absolute atomic E-state index is 12.3. The number of anilines is 2. The number of amides is 2. The molecular formula is C26H31N5O4. The molecule has 3 N–H and O–H groups in total. The van der Waals surface area contributed by atoms with Crippen molar-refractivity contribution in [2.24, 2.45) is 0 Å². The van der Waals surface area contributed by atoms with E-state index in [0.29, 0.717) is 36.0 Å². The van der Waals surface area contributed by atoms with Gasteiger partial charge in [-0.05, 0) is 64.0 Å². The van der Waals surface area contributed by atoms with E-state index >= 15 is 0 Å². The zero-order chi connectivity index (χ0) is 25.0. The molecule has 0 radical (unpaired) electrons. The third kappa shape index (κ3) is 6.32. The highest BCUT2D eigenvalue weighted by molar-refractivity contribution is 6.03. The molecule has 1 saturated heterocycles. The molecule has 0 spiro atoms. The molecule has 9 heteroatoms. The summed E-state index contributed by atoms with van der Waals surface area (Å²) in [4.78, 5) is 26.2. The second-order valence-corrected chi connectivity index (χ2v) is 9.52. The minimum absolute atomic E-state index is 0.200. The molecule has 0 unspecified atom stereocenters. The van der Waals surface area contributed by atoms with Gasteiger partial charge in [0.1, 0.15) is 17.1 Å². The zero-order valence-electron chi connectivity index (χ0n) is 20.2. The molecule has 3 heterocycles. The van der Waals surface area contributed by atoms with E-state index in [1.165, 1.54) is 6.08 Å². The van der Waals surface area contributed by atoms with Gasteiger partial charge < -0.3 is 25.1 Å².